The Bertz CT molecular complexity index is 1320. The van der Waals surface area contributed by atoms with Gasteiger partial charge in [-0.05, 0) is 5.56 Å². The summed E-state index contributed by atoms with van der Waals surface area (Å²) in [6.07, 6.45) is -5.24. The summed E-state index contributed by atoms with van der Waals surface area (Å²) in [6, 6.07) is 9.19. The first-order valence-corrected chi connectivity index (χ1v) is 12.0. The quantitative estimate of drug-likeness (QED) is 0.0582. The number of aromatic amines is 1. The molecule has 0 spiro atoms. The van der Waals surface area contributed by atoms with Gasteiger partial charge in [-0.1, -0.05) is 42.1 Å². The second-order valence-corrected chi connectivity index (χ2v) is 9.30. The molecular weight excluding hydrogens is 543 g/mol. The maximum Gasteiger partial charge on any atom is 1.00 e. The van der Waals surface area contributed by atoms with Crippen molar-refractivity contribution in [1.29, 1.82) is 0 Å². The Hall–Kier alpha value is -0.690. The molecule has 0 saturated carbocycles. The fraction of sp³-hybridized carbons (Fsp3) is 0.353. The average molecular weight is 559 g/mol. The van der Waals surface area contributed by atoms with Crippen LogP contribution in [-0.4, -0.2) is 59.6 Å². The molecule has 0 bridgehead atoms. The SMILES string of the molecule is O=c1[nH]c(SCc2ccccc2)nc2c1ncn2[C@]1([N+](=O)[O-])O[C@H](COP(=O)([O-])[O-])[C@@H](O)[C@H]1O.[Na+].[Na+]. The van der Waals surface area contributed by atoms with E-state index in [0.29, 0.717) is 10.3 Å². The number of phosphoric acid groups is 1. The van der Waals surface area contributed by atoms with E-state index >= 15 is 0 Å². The van der Waals surface area contributed by atoms with Crippen molar-refractivity contribution >= 4 is 30.7 Å². The fourth-order valence-electron chi connectivity index (χ4n) is 3.44. The molecule has 36 heavy (non-hydrogen) atoms. The maximum absolute atomic E-state index is 12.5. The third-order valence-electron chi connectivity index (χ3n) is 5.02. The van der Waals surface area contributed by atoms with Crippen molar-refractivity contribution in [2.24, 2.45) is 0 Å². The summed E-state index contributed by atoms with van der Waals surface area (Å²) in [7, 11) is -5.50. The van der Waals surface area contributed by atoms with Crippen LogP contribution < -0.4 is 74.5 Å². The van der Waals surface area contributed by atoms with Crippen LogP contribution in [0.1, 0.15) is 5.56 Å². The van der Waals surface area contributed by atoms with E-state index in [9.17, 15) is 39.5 Å². The van der Waals surface area contributed by atoms with Gasteiger partial charge in [-0.15, -0.1) is 0 Å². The van der Waals surface area contributed by atoms with Crippen molar-refractivity contribution in [3.63, 3.8) is 0 Å². The Kier molecular flexibility index (Phi) is 10.9. The van der Waals surface area contributed by atoms with Crippen molar-refractivity contribution in [3.05, 3.63) is 62.7 Å². The van der Waals surface area contributed by atoms with Crippen LogP contribution in [0.25, 0.3) is 11.2 Å². The summed E-state index contributed by atoms with van der Waals surface area (Å²) < 4.78 is 20.7. The molecule has 1 aliphatic rings. The molecule has 1 saturated heterocycles. The molecule has 182 valence electrons. The first-order valence-electron chi connectivity index (χ1n) is 9.52. The molecule has 0 aliphatic carbocycles. The number of imidazole rings is 1. The molecule has 1 fully saturated rings. The van der Waals surface area contributed by atoms with Gasteiger partial charge in [0.1, 0.15) is 18.5 Å². The van der Waals surface area contributed by atoms with Crippen LogP contribution in [0.4, 0.5) is 0 Å². The number of rotatable bonds is 8. The molecule has 3 heterocycles. The molecule has 0 radical (unpaired) electrons. The smallest absolute Gasteiger partial charge is 0.790 e. The monoisotopic (exact) mass is 559 g/mol. The number of aliphatic hydroxyl groups is 2. The van der Waals surface area contributed by atoms with Gasteiger partial charge in [0.05, 0.1) is 19.4 Å². The van der Waals surface area contributed by atoms with Gasteiger partial charge < -0.3 is 29.1 Å². The van der Waals surface area contributed by atoms with Gasteiger partial charge in [0.15, 0.2) is 16.3 Å². The standard InChI is InChI=1S/C17H18N5O10PS.2Na/c23-12-10(6-31-33(28,29)30)32-17(13(12)24,22(26)27)21-8-18-11-14(21)19-16(20-15(11)25)34-7-9-4-2-1-3-5-9;;/h1-5,8,10,12-13,23-24H,6-7H2,(H,19,20,25)(H2,28,29,30);;/q;2*+1/p-2/t10-,12-,13-,17-;;/m1../s1. The number of aliphatic hydroxyl groups excluding tert-OH is 2. The molecule has 3 N–H and O–H groups in total. The Labute approximate surface area is 250 Å². The third-order valence-corrected chi connectivity index (χ3v) is 6.43. The number of ether oxygens (including phenoxy) is 1. The number of hydrogen-bond acceptors (Lipinski definition) is 13. The number of phosphoric ester groups is 1. The number of aromatic nitrogens is 4. The van der Waals surface area contributed by atoms with E-state index in [4.69, 9.17) is 4.74 Å². The summed E-state index contributed by atoms with van der Waals surface area (Å²) in [4.78, 5) is 55.6. The zero-order valence-corrected chi connectivity index (χ0v) is 24.6. The number of hydrogen-bond donors (Lipinski definition) is 3. The molecule has 2 aromatic heterocycles. The zero-order valence-electron chi connectivity index (χ0n) is 18.9. The van der Waals surface area contributed by atoms with Crippen LogP contribution in [0, 0.1) is 10.1 Å². The Balaban J connectivity index is 0.00000228. The number of fused-ring (bicyclic) bond motifs is 1. The molecule has 0 unspecified atom stereocenters. The van der Waals surface area contributed by atoms with Gasteiger partial charge in [-0.25, -0.2) is 14.5 Å². The largest absolute Gasteiger partial charge is 1.00 e. The number of nitrogens with one attached hydrogen (secondary N) is 1. The second-order valence-electron chi connectivity index (χ2n) is 7.18. The Morgan fingerprint density at radius 3 is 2.56 bits per heavy atom. The molecule has 3 aromatic rings. The maximum atomic E-state index is 12.5. The second kappa shape index (κ2) is 12.4. The molecule has 1 aromatic carbocycles. The number of thioether (sulfide) groups is 1. The molecule has 1 aliphatic heterocycles. The third kappa shape index (κ3) is 6.30. The van der Waals surface area contributed by atoms with Crippen LogP contribution in [-0.2, 0) is 25.4 Å². The molecule has 4 rings (SSSR count). The molecule has 4 atom stereocenters. The van der Waals surface area contributed by atoms with E-state index in [1.54, 1.807) is 0 Å². The van der Waals surface area contributed by atoms with Gasteiger partial charge in [-0.3, -0.25) is 24.6 Å². The van der Waals surface area contributed by atoms with Gasteiger partial charge in [0.25, 0.3) is 5.56 Å². The Morgan fingerprint density at radius 1 is 1.28 bits per heavy atom. The zero-order chi connectivity index (χ0) is 24.7. The summed E-state index contributed by atoms with van der Waals surface area (Å²) in [5, 5.41) is 32.9. The van der Waals surface area contributed by atoms with E-state index in [0.717, 1.165) is 23.7 Å². The van der Waals surface area contributed by atoms with Crippen LogP contribution in [0.2, 0.25) is 0 Å². The first-order chi connectivity index (χ1) is 16.0. The number of nitro groups is 1. The minimum absolute atomic E-state index is 0. The molecule has 19 heteroatoms. The number of nitrogens with zero attached hydrogens (tertiary/aromatic N) is 4. The van der Waals surface area contributed by atoms with E-state index in [2.05, 4.69) is 19.5 Å². The summed E-state index contributed by atoms with van der Waals surface area (Å²) in [6.45, 7) is -1.09. The predicted molar refractivity (Wildman–Crippen MR) is 110 cm³/mol. The van der Waals surface area contributed by atoms with Crippen molar-refractivity contribution in [3.8, 4) is 0 Å². The van der Waals surface area contributed by atoms with Crippen LogP contribution in [0.5, 0.6) is 0 Å². The summed E-state index contributed by atoms with van der Waals surface area (Å²) in [5.41, 5.74) is -0.439. The topological polar surface area (TPSA) is 229 Å². The summed E-state index contributed by atoms with van der Waals surface area (Å²) in [5.74, 6) is -2.54. The average Bonchev–Trinajstić information content (AvgIpc) is 3.32. The van der Waals surface area contributed by atoms with Crippen molar-refractivity contribution in [2.45, 2.75) is 35.1 Å². The van der Waals surface area contributed by atoms with Crippen LogP contribution in [0.3, 0.4) is 0 Å². The van der Waals surface area contributed by atoms with Gasteiger partial charge in [0, 0.05) is 5.75 Å². The minimum atomic E-state index is -5.50. The van der Waals surface area contributed by atoms with Crippen LogP contribution >= 0.6 is 19.6 Å². The summed E-state index contributed by atoms with van der Waals surface area (Å²) >= 11 is 1.13. The van der Waals surface area contributed by atoms with E-state index in [-0.39, 0.29) is 75.4 Å². The number of benzene rings is 1. The van der Waals surface area contributed by atoms with Crippen molar-refractivity contribution in [1.82, 2.24) is 19.5 Å². The number of H-pyrrole nitrogens is 1. The first kappa shape index (κ1) is 31.5. The van der Waals surface area contributed by atoms with Gasteiger partial charge in [0.2, 0.25) is 6.10 Å². The van der Waals surface area contributed by atoms with E-state index < -0.39 is 49.1 Å². The Morgan fingerprint density at radius 2 is 1.94 bits per heavy atom. The normalized spacial score (nSPS) is 23.7. The molecule has 0 amide bonds. The van der Waals surface area contributed by atoms with E-state index in [1.165, 1.54) is 0 Å². The predicted octanol–water partition coefficient (Wildman–Crippen LogP) is -7.73. The minimum Gasteiger partial charge on any atom is -0.790 e. The molecule has 15 nitrogen and oxygen atoms in total. The van der Waals surface area contributed by atoms with Gasteiger partial charge >= 0.3 is 65.0 Å². The fourth-order valence-corrected chi connectivity index (χ4v) is 4.58. The molecular formula is C17H16N5Na2O10PS. The van der Waals surface area contributed by atoms with Crippen molar-refractivity contribution in [2.75, 3.05) is 6.61 Å². The van der Waals surface area contributed by atoms with Crippen molar-refractivity contribution < 1.29 is 97.9 Å². The van der Waals surface area contributed by atoms with Gasteiger partial charge in [-0.2, -0.15) is 0 Å². The van der Waals surface area contributed by atoms with Crippen LogP contribution in [0.15, 0.2) is 46.6 Å². The van der Waals surface area contributed by atoms with E-state index in [1.807, 2.05) is 30.3 Å².